The SMILES string of the molecule is COc1ncnc2ccc(-c3ccn4nc(N[C@H]5C[C@H](N(C)C)C5)ncc34)cc12. The third-order valence-corrected chi connectivity index (χ3v) is 5.70. The van der Waals surface area contributed by atoms with Gasteiger partial charge in [-0.1, -0.05) is 6.07 Å². The molecule has 0 aliphatic heterocycles. The van der Waals surface area contributed by atoms with Crippen LogP contribution >= 0.6 is 0 Å². The van der Waals surface area contributed by atoms with Gasteiger partial charge in [-0.2, -0.15) is 0 Å². The molecule has 0 amide bonds. The van der Waals surface area contributed by atoms with Gasteiger partial charge in [0, 0.05) is 23.8 Å². The maximum absolute atomic E-state index is 5.39. The lowest BCUT2D eigenvalue weighted by Gasteiger charge is -2.39. The summed E-state index contributed by atoms with van der Waals surface area (Å²) in [5.74, 6) is 1.23. The van der Waals surface area contributed by atoms with E-state index in [1.54, 1.807) is 7.11 Å². The van der Waals surface area contributed by atoms with Crippen molar-refractivity contribution in [3.05, 3.63) is 43.0 Å². The van der Waals surface area contributed by atoms with E-state index < -0.39 is 0 Å². The molecule has 1 aromatic carbocycles. The van der Waals surface area contributed by atoms with Crippen molar-refractivity contribution in [2.75, 3.05) is 26.5 Å². The van der Waals surface area contributed by atoms with E-state index in [0.29, 0.717) is 23.9 Å². The van der Waals surface area contributed by atoms with Crippen LogP contribution in [0.2, 0.25) is 0 Å². The van der Waals surface area contributed by atoms with Crippen LogP contribution in [0.3, 0.4) is 0 Å². The number of methoxy groups -OCH3 is 1. The van der Waals surface area contributed by atoms with Crippen LogP contribution in [-0.4, -0.2) is 62.8 Å². The Morgan fingerprint density at radius 3 is 2.79 bits per heavy atom. The summed E-state index contributed by atoms with van der Waals surface area (Å²) < 4.78 is 7.26. The third kappa shape index (κ3) is 3.15. The fourth-order valence-corrected chi connectivity index (χ4v) is 3.88. The molecule has 0 bridgehead atoms. The second-order valence-corrected chi connectivity index (χ2v) is 7.69. The van der Waals surface area contributed by atoms with Crippen LogP contribution in [0.15, 0.2) is 43.0 Å². The van der Waals surface area contributed by atoms with Crippen LogP contribution in [0, 0.1) is 0 Å². The Kier molecular flexibility index (Phi) is 4.28. The highest BCUT2D eigenvalue weighted by atomic mass is 16.5. The summed E-state index contributed by atoms with van der Waals surface area (Å²) in [6, 6.07) is 9.20. The zero-order valence-corrected chi connectivity index (χ0v) is 16.7. The van der Waals surface area contributed by atoms with Crippen LogP contribution < -0.4 is 10.1 Å². The molecule has 0 saturated heterocycles. The summed E-state index contributed by atoms with van der Waals surface area (Å²) >= 11 is 0. The summed E-state index contributed by atoms with van der Waals surface area (Å²) in [6.07, 6.45) is 7.58. The fourth-order valence-electron chi connectivity index (χ4n) is 3.88. The number of rotatable bonds is 5. The Morgan fingerprint density at radius 1 is 1.14 bits per heavy atom. The minimum absolute atomic E-state index is 0.433. The van der Waals surface area contributed by atoms with E-state index in [1.165, 1.54) is 6.33 Å². The molecule has 3 aromatic heterocycles. The highest BCUT2D eigenvalue weighted by Gasteiger charge is 2.30. The number of aromatic nitrogens is 5. The summed E-state index contributed by atoms with van der Waals surface area (Å²) in [6.45, 7) is 0. The maximum atomic E-state index is 5.39. The van der Waals surface area contributed by atoms with Crippen molar-refractivity contribution in [3.8, 4) is 17.0 Å². The molecular weight excluding hydrogens is 366 g/mol. The monoisotopic (exact) mass is 389 g/mol. The predicted molar refractivity (Wildman–Crippen MR) is 112 cm³/mol. The van der Waals surface area contributed by atoms with Crippen LogP contribution in [0.4, 0.5) is 5.95 Å². The van der Waals surface area contributed by atoms with Crippen molar-refractivity contribution in [2.45, 2.75) is 24.9 Å². The van der Waals surface area contributed by atoms with Gasteiger partial charge in [0.1, 0.15) is 6.33 Å². The van der Waals surface area contributed by atoms with Gasteiger partial charge in [-0.3, -0.25) is 0 Å². The summed E-state index contributed by atoms with van der Waals surface area (Å²) in [5.41, 5.74) is 3.90. The first-order valence-electron chi connectivity index (χ1n) is 9.69. The highest BCUT2D eigenvalue weighted by Crippen LogP contribution is 2.31. The van der Waals surface area contributed by atoms with Crippen LogP contribution in [0.5, 0.6) is 5.88 Å². The zero-order valence-electron chi connectivity index (χ0n) is 16.7. The molecule has 1 N–H and O–H groups in total. The van der Waals surface area contributed by atoms with E-state index in [9.17, 15) is 0 Å². The first-order valence-corrected chi connectivity index (χ1v) is 9.69. The minimum Gasteiger partial charge on any atom is -0.480 e. The first kappa shape index (κ1) is 17.8. The summed E-state index contributed by atoms with van der Waals surface area (Å²) in [5, 5.41) is 8.96. The van der Waals surface area contributed by atoms with Gasteiger partial charge in [-0.05, 0) is 50.7 Å². The van der Waals surface area contributed by atoms with Gasteiger partial charge in [0.25, 0.3) is 0 Å². The van der Waals surface area contributed by atoms with Crippen molar-refractivity contribution < 1.29 is 4.74 Å². The van der Waals surface area contributed by atoms with E-state index in [4.69, 9.17) is 4.74 Å². The maximum Gasteiger partial charge on any atom is 0.241 e. The van der Waals surface area contributed by atoms with Crippen molar-refractivity contribution in [1.29, 1.82) is 0 Å². The number of hydrogen-bond donors (Lipinski definition) is 1. The van der Waals surface area contributed by atoms with Gasteiger partial charge in [0.15, 0.2) is 0 Å². The number of fused-ring (bicyclic) bond motifs is 2. The molecule has 1 aliphatic carbocycles. The molecule has 1 saturated carbocycles. The van der Waals surface area contributed by atoms with Gasteiger partial charge in [0.05, 0.1) is 29.7 Å². The van der Waals surface area contributed by atoms with E-state index in [-0.39, 0.29) is 0 Å². The molecule has 4 aromatic rings. The Labute approximate surface area is 168 Å². The molecule has 5 rings (SSSR count). The normalized spacial score (nSPS) is 18.9. The van der Waals surface area contributed by atoms with E-state index >= 15 is 0 Å². The summed E-state index contributed by atoms with van der Waals surface area (Å²) in [4.78, 5) is 15.3. The molecule has 8 nitrogen and oxygen atoms in total. The van der Waals surface area contributed by atoms with Crippen molar-refractivity contribution in [1.82, 2.24) is 29.5 Å². The van der Waals surface area contributed by atoms with Crippen molar-refractivity contribution >= 4 is 22.4 Å². The lowest BCUT2D eigenvalue weighted by molar-refractivity contribution is 0.177. The third-order valence-electron chi connectivity index (χ3n) is 5.70. The van der Waals surface area contributed by atoms with Crippen molar-refractivity contribution in [3.63, 3.8) is 0 Å². The molecule has 0 radical (unpaired) electrons. The number of nitrogens with zero attached hydrogens (tertiary/aromatic N) is 6. The van der Waals surface area contributed by atoms with E-state index in [2.05, 4.69) is 50.4 Å². The predicted octanol–water partition coefficient (Wildman–Crippen LogP) is 2.85. The van der Waals surface area contributed by atoms with Crippen LogP contribution in [0.25, 0.3) is 27.5 Å². The average molecular weight is 389 g/mol. The van der Waals surface area contributed by atoms with E-state index in [0.717, 1.165) is 40.4 Å². The molecule has 0 unspecified atom stereocenters. The van der Waals surface area contributed by atoms with Gasteiger partial charge in [-0.15, -0.1) is 5.10 Å². The molecular formula is C21H23N7O. The molecule has 8 heteroatoms. The molecule has 3 heterocycles. The molecule has 1 fully saturated rings. The lowest BCUT2D eigenvalue weighted by Crippen LogP contribution is -2.47. The zero-order chi connectivity index (χ0) is 20.0. The lowest BCUT2D eigenvalue weighted by atomic mass is 9.86. The Morgan fingerprint density at radius 2 is 2.00 bits per heavy atom. The Balaban J connectivity index is 1.44. The molecule has 0 atom stereocenters. The number of hydrogen-bond acceptors (Lipinski definition) is 7. The Hall–Kier alpha value is -3.26. The van der Waals surface area contributed by atoms with Crippen molar-refractivity contribution in [2.24, 2.45) is 0 Å². The van der Waals surface area contributed by atoms with Crippen LogP contribution in [-0.2, 0) is 0 Å². The summed E-state index contributed by atoms with van der Waals surface area (Å²) in [7, 11) is 5.87. The topological polar surface area (TPSA) is 80.5 Å². The molecule has 1 aliphatic rings. The molecule has 148 valence electrons. The van der Waals surface area contributed by atoms with E-state index in [1.807, 2.05) is 35.1 Å². The second kappa shape index (κ2) is 6.97. The van der Waals surface area contributed by atoms with Gasteiger partial charge >= 0.3 is 0 Å². The van der Waals surface area contributed by atoms with Gasteiger partial charge in [0.2, 0.25) is 11.8 Å². The van der Waals surface area contributed by atoms with Gasteiger partial charge < -0.3 is 15.0 Å². The number of ether oxygens (including phenoxy) is 1. The minimum atomic E-state index is 0.433. The second-order valence-electron chi connectivity index (χ2n) is 7.69. The fraction of sp³-hybridized carbons (Fsp3) is 0.333. The first-order chi connectivity index (χ1) is 14.1. The largest absolute Gasteiger partial charge is 0.480 e. The smallest absolute Gasteiger partial charge is 0.241 e. The highest BCUT2D eigenvalue weighted by molar-refractivity contribution is 5.91. The number of nitrogens with one attached hydrogen (secondary N) is 1. The van der Waals surface area contributed by atoms with Gasteiger partial charge in [-0.25, -0.2) is 19.5 Å². The molecule has 0 spiro atoms. The average Bonchev–Trinajstić information content (AvgIpc) is 3.12. The number of benzene rings is 1. The van der Waals surface area contributed by atoms with Crippen LogP contribution in [0.1, 0.15) is 12.8 Å². The Bertz CT molecular complexity index is 1180. The molecule has 29 heavy (non-hydrogen) atoms. The number of anilines is 1. The standard InChI is InChI=1S/C21H23N7O/c1-27(2)15-9-14(10-15)25-21-22-11-19-16(6-7-28(19)26-21)13-4-5-18-17(8-13)20(29-3)24-12-23-18/h4-8,11-12,14-15H,9-10H2,1-3H3,(H,25,26)/t14-,15-. The quantitative estimate of drug-likeness (QED) is 0.562.